The summed E-state index contributed by atoms with van der Waals surface area (Å²) in [5.74, 6) is 0. The van der Waals surface area contributed by atoms with E-state index in [4.69, 9.17) is 0 Å². The largest absolute Gasteiger partial charge is 0.284 e. The molecule has 0 fully saturated rings. The minimum absolute atomic E-state index is 0.142. The Kier molecular flexibility index (Phi) is 11.4. The molecule has 0 radical (unpaired) electrons. The third-order valence-corrected chi connectivity index (χ3v) is 4.75. The van der Waals surface area contributed by atoms with Crippen LogP contribution >= 0.6 is 0 Å². The molecule has 150 valence electrons. The van der Waals surface area contributed by atoms with Crippen molar-refractivity contribution in [3.05, 3.63) is 68.6 Å². The van der Waals surface area contributed by atoms with Crippen LogP contribution in [0.25, 0.3) is 11.3 Å². The van der Waals surface area contributed by atoms with Gasteiger partial charge in [-0.2, -0.15) is 0 Å². The molecular weight excluding hydrogens is 330 g/mol. The van der Waals surface area contributed by atoms with Crippen LogP contribution in [0.15, 0.2) is 35.1 Å². The first-order valence-electron chi connectivity index (χ1n) is 10.6. The van der Waals surface area contributed by atoms with Crippen LogP contribution in [0.3, 0.4) is 0 Å². The number of aromatic nitrogens is 1. The maximum atomic E-state index is 12.7. The number of rotatable bonds is 2. The van der Waals surface area contributed by atoms with Gasteiger partial charge in [-0.1, -0.05) is 78.8 Å². The van der Waals surface area contributed by atoms with E-state index >= 15 is 0 Å². The normalized spacial score (nSPS) is 11.3. The van der Waals surface area contributed by atoms with Gasteiger partial charge in [0, 0.05) is 23.4 Å². The van der Waals surface area contributed by atoms with Crippen LogP contribution < -0.4 is 5.56 Å². The zero-order valence-electron chi connectivity index (χ0n) is 19.2. The Morgan fingerprint density at radius 3 is 1.85 bits per heavy atom. The smallest absolute Gasteiger partial charge is 0.258 e. The molecule has 1 aromatic carbocycles. The molecule has 2 heteroatoms. The molecule has 2 heterocycles. The Morgan fingerprint density at radius 1 is 0.852 bits per heavy atom. The third kappa shape index (κ3) is 5.00. The van der Waals surface area contributed by atoms with E-state index in [-0.39, 0.29) is 5.56 Å². The molecule has 0 aliphatic carbocycles. The molecule has 0 bridgehead atoms. The van der Waals surface area contributed by atoms with Crippen LogP contribution in [0.1, 0.15) is 83.3 Å². The maximum Gasteiger partial charge on any atom is 0.258 e. The molecule has 0 unspecified atom stereocenters. The topological polar surface area (TPSA) is 22.0 Å². The number of nitrogens with zero attached hydrogens (tertiary/aromatic N) is 1. The minimum Gasteiger partial charge on any atom is -0.284 e. The highest BCUT2D eigenvalue weighted by molar-refractivity contribution is 5.87. The maximum absolute atomic E-state index is 12.7. The molecule has 0 N–H and O–H groups in total. The number of hydrogen-bond donors (Lipinski definition) is 0. The van der Waals surface area contributed by atoms with Crippen molar-refractivity contribution in [2.45, 2.75) is 82.1 Å². The van der Waals surface area contributed by atoms with Crippen LogP contribution in [0.4, 0.5) is 0 Å². The quantitative estimate of drug-likeness (QED) is 0.556. The average molecular weight is 370 g/mol. The van der Waals surface area contributed by atoms with Gasteiger partial charge in [0.1, 0.15) is 0 Å². The molecule has 1 aliphatic rings. The second kappa shape index (κ2) is 12.3. The SMILES string of the molecule is CC.CC.CC.CCc1c(C)c(C)c(=O)n2c1CC(c1ccccc1)=C2C. The molecule has 0 saturated heterocycles. The lowest BCUT2D eigenvalue weighted by Crippen LogP contribution is -2.24. The van der Waals surface area contributed by atoms with Crippen LogP contribution in [0.2, 0.25) is 0 Å². The summed E-state index contributed by atoms with van der Waals surface area (Å²) in [5, 5.41) is 0. The van der Waals surface area contributed by atoms with Crippen LogP contribution in [-0.4, -0.2) is 4.57 Å². The van der Waals surface area contributed by atoms with Gasteiger partial charge in [-0.05, 0) is 49.5 Å². The highest BCUT2D eigenvalue weighted by Gasteiger charge is 2.25. The summed E-state index contributed by atoms with van der Waals surface area (Å²) >= 11 is 0. The Morgan fingerprint density at radius 2 is 1.37 bits per heavy atom. The molecule has 2 aromatic rings. The Hall–Kier alpha value is -2.09. The molecular formula is C25H39NO. The summed E-state index contributed by atoms with van der Waals surface area (Å²) in [5.41, 5.74) is 8.27. The molecule has 1 aliphatic heterocycles. The monoisotopic (exact) mass is 369 g/mol. The van der Waals surface area contributed by atoms with Crippen molar-refractivity contribution in [3.63, 3.8) is 0 Å². The van der Waals surface area contributed by atoms with Crippen LogP contribution in [0.5, 0.6) is 0 Å². The highest BCUT2D eigenvalue weighted by Crippen LogP contribution is 2.34. The summed E-state index contributed by atoms with van der Waals surface area (Å²) < 4.78 is 1.93. The Balaban J connectivity index is 0.00000103. The van der Waals surface area contributed by atoms with Crippen molar-refractivity contribution in [3.8, 4) is 0 Å². The molecule has 1 aromatic heterocycles. The highest BCUT2D eigenvalue weighted by atomic mass is 16.1. The number of benzene rings is 1. The van der Waals surface area contributed by atoms with Gasteiger partial charge < -0.3 is 0 Å². The van der Waals surface area contributed by atoms with Crippen molar-refractivity contribution in [2.24, 2.45) is 0 Å². The minimum atomic E-state index is 0.142. The van der Waals surface area contributed by atoms with Crippen molar-refractivity contribution >= 4 is 11.3 Å². The van der Waals surface area contributed by atoms with E-state index < -0.39 is 0 Å². The number of allylic oxidation sites excluding steroid dienone is 2. The van der Waals surface area contributed by atoms with E-state index in [9.17, 15) is 4.79 Å². The average Bonchev–Trinajstić information content (AvgIpc) is 3.09. The van der Waals surface area contributed by atoms with Crippen molar-refractivity contribution < 1.29 is 0 Å². The first kappa shape index (κ1) is 24.9. The fraction of sp³-hybridized carbons (Fsp3) is 0.480. The first-order valence-corrected chi connectivity index (χ1v) is 10.6. The van der Waals surface area contributed by atoms with Gasteiger partial charge in [0.25, 0.3) is 5.56 Å². The van der Waals surface area contributed by atoms with Gasteiger partial charge in [0.15, 0.2) is 0 Å². The third-order valence-electron chi connectivity index (χ3n) is 4.75. The molecule has 0 saturated carbocycles. The van der Waals surface area contributed by atoms with E-state index in [2.05, 4.69) is 45.0 Å². The molecule has 27 heavy (non-hydrogen) atoms. The van der Waals surface area contributed by atoms with E-state index in [0.29, 0.717) is 0 Å². The van der Waals surface area contributed by atoms with Crippen LogP contribution in [-0.2, 0) is 12.8 Å². The summed E-state index contributed by atoms with van der Waals surface area (Å²) in [7, 11) is 0. The molecule has 0 spiro atoms. The van der Waals surface area contributed by atoms with Gasteiger partial charge in [-0.3, -0.25) is 9.36 Å². The zero-order valence-corrected chi connectivity index (χ0v) is 19.2. The lowest BCUT2D eigenvalue weighted by Gasteiger charge is -2.15. The second-order valence-electron chi connectivity index (χ2n) is 5.78. The lowest BCUT2D eigenvalue weighted by atomic mass is 9.96. The van der Waals surface area contributed by atoms with Gasteiger partial charge >= 0.3 is 0 Å². The number of pyridine rings is 1. The van der Waals surface area contributed by atoms with Crippen molar-refractivity contribution in [1.29, 1.82) is 0 Å². The van der Waals surface area contributed by atoms with Gasteiger partial charge in [0.2, 0.25) is 0 Å². The molecule has 0 atom stereocenters. The molecule has 3 rings (SSSR count). The zero-order chi connectivity index (χ0) is 21.1. The van der Waals surface area contributed by atoms with E-state index in [1.54, 1.807) is 0 Å². The van der Waals surface area contributed by atoms with Crippen molar-refractivity contribution in [1.82, 2.24) is 4.57 Å². The van der Waals surface area contributed by atoms with E-state index in [1.165, 1.54) is 22.4 Å². The fourth-order valence-corrected chi connectivity index (χ4v) is 3.42. The van der Waals surface area contributed by atoms with Gasteiger partial charge in [0.05, 0.1) is 0 Å². The van der Waals surface area contributed by atoms with Crippen molar-refractivity contribution in [2.75, 3.05) is 0 Å². The summed E-state index contributed by atoms with van der Waals surface area (Å²) in [6, 6.07) is 10.4. The van der Waals surface area contributed by atoms with E-state index in [1.807, 2.05) is 59.1 Å². The lowest BCUT2D eigenvalue weighted by molar-refractivity contribution is 0.888. The molecule has 2 nitrogen and oxygen atoms in total. The summed E-state index contributed by atoms with van der Waals surface area (Å²) in [4.78, 5) is 12.7. The summed E-state index contributed by atoms with van der Waals surface area (Å²) in [6.07, 6.45) is 1.83. The Labute approximate surface area is 167 Å². The standard InChI is InChI=1S/C19H21NO.3C2H6/c1-5-16-12(2)13(3)19(21)20-14(4)17(11-18(16)20)15-9-7-6-8-10-15;3*1-2/h6-10H,5,11H2,1-4H3;3*1-2H3. The second-order valence-corrected chi connectivity index (χ2v) is 5.78. The fourth-order valence-electron chi connectivity index (χ4n) is 3.42. The number of hydrogen-bond acceptors (Lipinski definition) is 1. The molecule has 0 amide bonds. The first-order chi connectivity index (χ1) is 13.1. The Bertz CT molecular complexity index is 795. The van der Waals surface area contributed by atoms with E-state index in [0.717, 1.165) is 29.7 Å². The predicted octanol–water partition coefficient (Wildman–Crippen LogP) is 7.05. The number of fused-ring (bicyclic) bond motifs is 1. The van der Waals surface area contributed by atoms with Crippen LogP contribution in [0, 0.1) is 13.8 Å². The van der Waals surface area contributed by atoms with Gasteiger partial charge in [-0.25, -0.2) is 0 Å². The predicted molar refractivity (Wildman–Crippen MR) is 123 cm³/mol. The van der Waals surface area contributed by atoms with Gasteiger partial charge in [-0.15, -0.1) is 0 Å². The summed E-state index contributed by atoms with van der Waals surface area (Å²) in [6.45, 7) is 20.3.